The van der Waals surface area contributed by atoms with Crippen molar-refractivity contribution < 1.29 is 4.74 Å². The Balaban J connectivity index is 1.72. The first-order valence-electron chi connectivity index (χ1n) is 8.91. The highest BCUT2D eigenvalue weighted by Crippen LogP contribution is 2.33. The fraction of sp³-hybridized carbons (Fsp3) is 0.136. The zero-order chi connectivity index (χ0) is 19.7. The van der Waals surface area contributed by atoms with Crippen LogP contribution in [0.2, 0.25) is 0 Å². The Hall–Kier alpha value is -3.85. The Bertz CT molecular complexity index is 1180. The number of benzene rings is 2. The highest BCUT2D eigenvalue weighted by atomic mass is 16.5. The molecule has 0 aliphatic carbocycles. The third-order valence-electron chi connectivity index (χ3n) is 4.45. The molecule has 6 heteroatoms. The third kappa shape index (κ3) is 3.38. The molecule has 0 aliphatic heterocycles. The normalized spacial score (nSPS) is 10.6. The monoisotopic (exact) mass is 369 g/mol. The molecule has 0 saturated carbocycles. The molecule has 6 nitrogen and oxygen atoms in total. The topological polar surface area (TPSA) is 86.6 Å². The smallest absolute Gasteiger partial charge is 0.248 e. The molecule has 2 aromatic carbocycles. The van der Waals surface area contributed by atoms with Gasteiger partial charge in [-0.05, 0) is 62.2 Å². The van der Waals surface area contributed by atoms with Crippen LogP contribution in [0.4, 0.5) is 11.6 Å². The number of aromatic amines is 1. The summed E-state index contributed by atoms with van der Waals surface area (Å²) in [5, 5.41) is 12.1. The van der Waals surface area contributed by atoms with Crippen molar-refractivity contribution in [2.24, 2.45) is 0 Å². The maximum absolute atomic E-state index is 8.94. The van der Waals surface area contributed by atoms with E-state index in [1.165, 1.54) is 5.56 Å². The van der Waals surface area contributed by atoms with Gasteiger partial charge in [-0.1, -0.05) is 17.7 Å². The maximum atomic E-state index is 8.94. The number of anilines is 2. The number of rotatable bonds is 4. The molecule has 28 heavy (non-hydrogen) atoms. The Kier molecular flexibility index (Phi) is 4.42. The number of aryl methyl sites for hydroxylation is 3. The zero-order valence-electron chi connectivity index (χ0n) is 15.9. The highest BCUT2D eigenvalue weighted by Gasteiger charge is 2.14. The molecule has 0 saturated heterocycles. The summed E-state index contributed by atoms with van der Waals surface area (Å²) in [5.41, 5.74) is 6.19. The summed E-state index contributed by atoms with van der Waals surface area (Å²) in [6, 6.07) is 15.3. The van der Waals surface area contributed by atoms with Gasteiger partial charge in [-0.2, -0.15) is 10.2 Å². The molecule has 0 radical (unpaired) electrons. The number of fused-ring (bicyclic) bond motifs is 1. The van der Waals surface area contributed by atoms with Crippen LogP contribution in [-0.2, 0) is 0 Å². The van der Waals surface area contributed by atoms with Gasteiger partial charge in [-0.25, -0.2) is 4.98 Å². The number of nitrogens with zero attached hydrogens (tertiary/aromatic N) is 3. The molecule has 0 fully saturated rings. The first-order chi connectivity index (χ1) is 13.5. The molecule has 4 rings (SSSR count). The molecule has 0 atom stereocenters. The van der Waals surface area contributed by atoms with Gasteiger partial charge >= 0.3 is 0 Å². The predicted octanol–water partition coefficient (Wildman–Crippen LogP) is 5.29. The first-order valence-corrected chi connectivity index (χ1v) is 8.91. The van der Waals surface area contributed by atoms with E-state index in [4.69, 9.17) is 10.00 Å². The summed E-state index contributed by atoms with van der Waals surface area (Å²) in [5.74, 6) is 1.68. The molecule has 0 aliphatic rings. The molecule has 2 N–H and O–H groups in total. The molecule has 4 aromatic rings. The van der Waals surface area contributed by atoms with Crippen molar-refractivity contribution in [1.29, 1.82) is 5.26 Å². The lowest BCUT2D eigenvalue weighted by molar-refractivity contribution is 0.461. The predicted molar refractivity (Wildman–Crippen MR) is 109 cm³/mol. The van der Waals surface area contributed by atoms with Gasteiger partial charge in [0, 0.05) is 11.9 Å². The maximum Gasteiger partial charge on any atom is 0.248 e. The Morgan fingerprint density at radius 3 is 2.39 bits per heavy atom. The van der Waals surface area contributed by atoms with Crippen LogP contribution in [-0.4, -0.2) is 15.0 Å². The minimum atomic E-state index is 0.425. The molecule has 0 spiro atoms. The van der Waals surface area contributed by atoms with Crippen LogP contribution in [0.5, 0.6) is 11.6 Å². The number of nitrogens with one attached hydrogen (secondary N) is 2. The van der Waals surface area contributed by atoms with Gasteiger partial charge in [0.1, 0.15) is 11.3 Å². The van der Waals surface area contributed by atoms with Crippen molar-refractivity contribution in [2.75, 3.05) is 5.32 Å². The molecule has 138 valence electrons. The lowest BCUT2D eigenvalue weighted by atomic mass is 10.1. The van der Waals surface area contributed by atoms with E-state index in [0.29, 0.717) is 17.4 Å². The molecule has 0 unspecified atom stereocenters. The third-order valence-corrected chi connectivity index (χ3v) is 4.45. The quantitative estimate of drug-likeness (QED) is 0.510. The number of hydrogen-bond acceptors (Lipinski definition) is 5. The van der Waals surface area contributed by atoms with Crippen LogP contribution in [0.3, 0.4) is 0 Å². The van der Waals surface area contributed by atoms with E-state index in [1.54, 1.807) is 12.1 Å². The van der Waals surface area contributed by atoms with Crippen molar-refractivity contribution in [1.82, 2.24) is 15.0 Å². The summed E-state index contributed by atoms with van der Waals surface area (Å²) in [7, 11) is 0. The lowest BCUT2D eigenvalue weighted by Gasteiger charge is -2.14. The van der Waals surface area contributed by atoms with E-state index in [0.717, 1.165) is 33.6 Å². The van der Waals surface area contributed by atoms with Crippen LogP contribution in [0, 0.1) is 32.1 Å². The van der Waals surface area contributed by atoms with Gasteiger partial charge in [0.05, 0.1) is 17.1 Å². The second-order valence-corrected chi connectivity index (χ2v) is 6.73. The van der Waals surface area contributed by atoms with Crippen molar-refractivity contribution in [3.63, 3.8) is 0 Å². The van der Waals surface area contributed by atoms with Gasteiger partial charge in [0.2, 0.25) is 11.8 Å². The zero-order valence-corrected chi connectivity index (χ0v) is 15.9. The van der Waals surface area contributed by atoms with Gasteiger partial charge in [-0.15, -0.1) is 0 Å². The van der Waals surface area contributed by atoms with Crippen LogP contribution < -0.4 is 10.1 Å². The highest BCUT2D eigenvalue weighted by molar-refractivity contribution is 5.82. The van der Waals surface area contributed by atoms with Crippen LogP contribution in [0.25, 0.3) is 11.0 Å². The summed E-state index contributed by atoms with van der Waals surface area (Å²) in [6.07, 6.45) is 1.81. The minimum absolute atomic E-state index is 0.425. The number of H-pyrrole nitrogens is 1. The Morgan fingerprint density at radius 1 is 1.00 bits per heavy atom. The fourth-order valence-electron chi connectivity index (χ4n) is 3.23. The number of hydrogen-bond donors (Lipinski definition) is 2. The molecule has 2 heterocycles. The van der Waals surface area contributed by atoms with Crippen molar-refractivity contribution in [3.05, 3.63) is 70.9 Å². The van der Waals surface area contributed by atoms with Crippen molar-refractivity contribution >= 4 is 22.7 Å². The van der Waals surface area contributed by atoms with Crippen molar-refractivity contribution in [3.8, 4) is 17.7 Å². The molecular weight excluding hydrogens is 350 g/mol. The molecule has 0 bridgehead atoms. The number of ether oxygens (including phenoxy) is 1. The second kappa shape index (κ2) is 7.05. The average molecular weight is 369 g/mol. The number of aromatic nitrogens is 3. The first kappa shape index (κ1) is 17.6. The molecule has 0 amide bonds. The van der Waals surface area contributed by atoms with E-state index < -0.39 is 0 Å². The van der Waals surface area contributed by atoms with Gasteiger partial charge in [0.25, 0.3) is 0 Å². The fourth-order valence-corrected chi connectivity index (χ4v) is 3.23. The summed E-state index contributed by atoms with van der Waals surface area (Å²) in [6.45, 7) is 6.12. The minimum Gasteiger partial charge on any atom is -0.436 e. The molecule has 2 aromatic heterocycles. The van der Waals surface area contributed by atoms with Gasteiger partial charge < -0.3 is 15.0 Å². The van der Waals surface area contributed by atoms with E-state index in [9.17, 15) is 0 Å². The van der Waals surface area contributed by atoms with Crippen LogP contribution in [0.1, 0.15) is 22.3 Å². The summed E-state index contributed by atoms with van der Waals surface area (Å²) < 4.78 is 6.22. The van der Waals surface area contributed by atoms with E-state index in [1.807, 2.05) is 38.2 Å². The largest absolute Gasteiger partial charge is 0.436 e. The van der Waals surface area contributed by atoms with Crippen LogP contribution in [0.15, 0.2) is 48.7 Å². The number of nitriles is 1. The van der Waals surface area contributed by atoms with E-state index >= 15 is 0 Å². The Morgan fingerprint density at radius 2 is 1.71 bits per heavy atom. The Labute approximate surface area is 162 Å². The summed E-state index contributed by atoms with van der Waals surface area (Å²) in [4.78, 5) is 12.3. The summed E-state index contributed by atoms with van der Waals surface area (Å²) >= 11 is 0. The standard InChI is InChI=1S/C22H19N5O/c1-13-10-14(2)20(15(3)11-13)28-21-19-18(8-9-24-19)26-22(27-21)25-17-6-4-16(12-23)5-7-17/h4-11,24H,1-3H3,(H,25,26,27). The second-order valence-electron chi connectivity index (χ2n) is 6.73. The SMILES string of the molecule is Cc1cc(C)c(Oc2nc(Nc3ccc(C#N)cc3)nc3cc[nH]c23)c(C)c1. The van der Waals surface area contributed by atoms with Crippen molar-refractivity contribution in [2.45, 2.75) is 20.8 Å². The van der Waals surface area contributed by atoms with Gasteiger partial charge in [-0.3, -0.25) is 0 Å². The van der Waals surface area contributed by atoms with Crippen LogP contribution >= 0.6 is 0 Å². The van der Waals surface area contributed by atoms with Gasteiger partial charge in [0.15, 0.2) is 0 Å². The van der Waals surface area contributed by atoms with E-state index in [-0.39, 0.29) is 0 Å². The molecular formula is C22H19N5O. The average Bonchev–Trinajstić information content (AvgIpc) is 3.14. The lowest BCUT2D eigenvalue weighted by Crippen LogP contribution is -2.01. The van der Waals surface area contributed by atoms with E-state index in [2.05, 4.69) is 45.4 Å².